The number of quaternary nitrogens is 1. The molecular formula is C78H137NO8P+. The molecule has 0 aromatic rings. The number of rotatable bonds is 66. The Kier molecular flexibility index (Phi) is 65.0. The van der Waals surface area contributed by atoms with Gasteiger partial charge in [-0.2, -0.15) is 0 Å². The number of phosphoric acid groups is 1. The molecule has 506 valence electrons. The van der Waals surface area contributed by atoms with Crippen LogP contribution in [0.1, 0.15) is 309 Å². The highest BCUT2D eigenvalue weighted by Gasteiger charge is 2.27. The lowest BCUT2D eigenvalue weighted by molar-refractivity contribution is -0.870. The Bertz CT molecular complexity index is 1900. The summed E-state index contributed by atoms with van der Waals surface area (Å²) in [6.45, 7) is 4.33. The van der Waals surface area contributed by atoms with Gasteiger partial charge in [0, 0.05) is 12.8 Å². The molecule has 88 heavy (non-hydrogen) atoms. The largest absolute Gasteiger partial charge is 0.472 e. The van der Waals surface area contributed by atoms with Crippen LogP contribution in [-0.2, 0) is 32.7 Å². The second-order valence-electron chi connectivity index (χ2n) is 25.2. The molecule has 0 aliphatic rings. The zero-order valence-electron chi connectivity index (χ0n) is 57.7. The van der Waals surface area contributed by atoms with Crippen molar-refractivity contribution < 1.29 is 42.1 Å². The number of ether oxygens (including phenoxy) is 2. The number of phosphoric ester groups is 1. The fourth-order valence-corrected chi connectivity index (χ4v) is 10.7. The molecule has 0 fully saturated rings. The second kappa shape index (κ2) is 67.8. The lowest BCUT2D eigenvalue weighted by Gasteiger charge is -2.24. The fourth-order valence-electron chi connectivity index (χ4n) is 9.95. The van der Waals surface area contributed by atoms with E-state index < -0.39 is 26.5 Å². The maximum atomic E-state index is 12.9. The maximum Gasteiger partial charge on any atom is 0.472 e. The fraction of sp³-hybridized carbons (Fsp3) is 0.718. The molecule has 0 aliphatic carbocycles. The van der Waals surface area contributed by atoms with E-state index in [0.717, 1.165) is 96.3 Å². The zero-order valence-corrected chi connectivity index (χ0v) is 58.6. The van der Waals surface area contributed by atoms with Gasteiger partial charge < -0.3 is 18.9 Å². The molecule has 0 aromatic carbocycles. The van der Waals surface area contributed by atoms with Crippen LogP contribution in [-0.4, -0.2) is 74.9 Å². The van der Waals surface area contributed by atoms with E-state index in [0.29, 0.717) is 17.4 Å². The summed E-state index contributed by atoms with van der Waals surface area (Å²) in [5, 5.41) is 0. The molecule has 0 spiro atoms. The molecule has 0 saturated carbocycles. The Balaban J connectivity index is 4.01. The van der Waals surface area contributed by atoms with Gasteiger partial charge in [-0.05, 0) is 109 Å². The first-order valence-electron chi connectivity index (χ1n) is 36.3. The van der Waals surface area contributed by atoms with Crippen molar-refractivity contribution >= 4 is 19.8 Å². The van der Waals surface area contributed by atoms with Gasteiger partial charge in [-0.1, -0.05) is 309 Å². The van der Waals surface area contributed by atoms with Gasteiger partial charge in [-0.15, -0.1) is 0 Å². The van der Waals surface area contributed by atoms with Crippen molar-refractivity contribution in [2.24, 2.45) is 0 Å². The predicted molar refractivity (Wildman–Crippen MR) is 381 cm³/mol. The van der Waals surface area contributed by atoms with Crippen molar-refractivity contribution in [2.45, 2.75) is 315 Å². The molecule has 1 N–H and O–H groups in total. The third kappa shape index (κ3) is 71.5. The summed E-state index contributed by atoms with van der Waals surface area (Å²) in [6.07, 6.45) is 97.3. The maximum absolute atomic E-state index is 12.9. The van der Waals surface area contributed by atoms with Gasteiger partial charge >= 0.3 is 19.8 Å². The van der Waals surface area contributed by atoms with Gasteiger partial charge in [0.15, 0.2) is 6.10 Å². The van der Waals surface area contributed by atoms with Crippen LogP contribution in [0, 0.1) is 0 Å². The molecule has 0 radical (unpaired) electrons. The lowest BCUT2D eigenvalue weighted by Crippen LogP contribution is -2.37. The number of carbonyl (C=O) groups is 2. The van der Waals surface area contributed by atoms with Crippen molar-refractivity contribution in [1.29, 1.82) is 0 Å². The first-order chi connectivity index (χ1) is 43.0. The predicted octanol–water partition coefficient (Wildman–Crippen LogP) is 23.8. The Labute approximate surface area is 543 Å². The first-order valence-corrected chi connectivity index (χ1v) is 37.8. The second-order valence-corrected chi connectivity index (χ2v) is 26.7. The molecule has 10 heteroatoms. The summed E-state index contributed by atoms with van der Waals surface area (Å²) in [7, 11) is 1.48. The van der Waals surface area contributed by atoms with E-state index in [-0.39, 0.29) is 32.0 Å². The summed E-state index contributed by atoms with van der Waals surface area (Å²) < 4.78 is 34.7. The molecule has 2 unspecified atom stereocenters. The molecule has 0 amide bonds. The van der Waals surface area contributed by atoms with Crippen molar-refractivity contribution in [3.05, 3.63) is 122 Å². The van der Waals surface area contributed by atoms with Gasteiger partial charge in [-0.25, -0.2) is 4.57 Å². The Morgan fingerprint density at radius 2 is 0.648 bits per heavy atom. The minimum absolute atomic E-state index is 0.0284. The van der Waals surface area contributed by atoms with Crippen LogP contribution in [0.25, 0.3) is 0 Å². The summed E-state index contributed by atoms with van der Waals surface area (Å²) in [6, 6.07) is 0. The SMILES string of the molecule is CC/C=C\C/C=C\C/C=C\C/C=C\C/C=C\C/C=C\C/C=C\C/C=C\CCCCCCCCCCCCCCCCCCC(=O)OC(COC(=O)CCCCCCCCCCCCC/C=C\C/C=C\CCCCCCC)COP(=O)(O)OCC[N+](C)(C)C. The van der Waals surface area contributed by atoms with Crippen LogP contribution in [0.4, 0.5) is 0 Å². The first kappa shape index (κ1) is 84.4. The molecule has 0 rings (SSSR count). The molecule has 0 saturated heterocycles. The van der Waals surface area contributed by atoms with E-state index in [1.165, 1.54) is 180 Å². The topological polar surface area (TPSA) is 108 Å². The highest BCUT2D eigenvalue weighted by molar-refractivity contribution is 7.47. The Morgan fingerprint density at radius 3 is 0.966 bits per heavy atom. The van der Waals surface area contributed by atoms with Crippen LogP contribution in [0.15, 0.2) is 122 Å². The average Bonchev–Trinajstić information content (AvgIpc) is 3.58. The van der Waals surface area contributed by atoms with E-state index in [1.54, 1.807) is 0 Å². The van der Waals surface area contributed by atoms with Crippen LogP contribution >= 0.6 is 7.82 Å². The number of hydrogen-bond acceptors (Lipinski definition) is 7. The van der Waals surface area contributed by atoms with Crippen LogP contribution < -0.4 is 0 Å². The normalized spacial score (nSPS) is 13.8. The van der Waals surface area contributed by atoms with E-state index in [9.17, 15) is 19.0 Å². The lowest BCUT2D eigenvalue weighted by atomic mass is 10.0. The number of unbranched alkanes of at least 4 members (excludes halogenated alkanes) is 32. The standard InChI is InChI=1S/C78H136NO8P/c1-6-8-10-12-14-16-18-20-22-24-26-28-30-31-32-33-34-35-36-37-38-39-40-41-42-43-44-45-46-47-49-51-53-55-57-59-61-63-65-67-69-71-78(81)87-76(75-86-88(82,83)85-73-72-79(3,4)5)74-84-77(80)70-68-66-64-62-60-58-56-54-52-50-48-29-27-25-23-21-19-17-15-13-11-9-7-2/h8,10,14,16,19-22,25-28,31-32,34-35,37-38,40-41,76H,6-7,9,11-13,15,17-18,23-24,29-30,33,36,39,42-75H2,1-5H3/p+1/b10-8-,16-14-,21-19-,22-20-,27-25-,28-26-,32-31-,35-34-,38-37-,41-40-. The minimum atomic E-state index is -4.40. The number of esters is 2. The average molecular weight is 1250 g/mol. The Morgan fingerprint density at radius 1 is 0.364 bits per heavy atom. The molecule has 0 heterocycles. The van der Waals surface area contributed by atoms with Gasteiger partial charge in [0.2, 0.25) is 0 Å². The quantitative estimate of drug-likeness (QED) is 0.0211. The molecule has 9 nitrogen and oxygen atoms in total. The van der Waals surface area contributed by atoms with Crippen molar-refractivity contribution in [3.8, 4) is 0 Å². The number of nitrogens with zero attached hydrogens (tertiary/aromatic N) is 1. The number of allylic oxidation sites excluding steroid dienone is 20. The van der Waals surface area contributed by atoms with E-state index in [4.69, 9.17) is 18.5 Å². The van der Waals surface area contributed by atoms with Crippen LogP contribution in [0.5, 0.6) is 0 Å². The number of hydrogen-bond donors (Lipinski definition) is 1. The number of carbonyl (C=O) groups excluding carboxylic acids is 2. The smallest absolute Gasteiger partial charge is 0.462 e. The van der Waals surface area contributed by atoms with Crippen molar-refractivity contribution in [1.82, 2.24) is 0 Å². The zero-order chi connectivity index (χ0) is 64.1. The third-order valence-electron chi connectivity index (χ3n) is 15.5. The van der Waals surface area contributed by atoms with Crippen molar-refractivity contribution in [2.75, 3.05) is 47.5 Å². The van der Waals surface area contributed by atoms with E-state index in [1.807, 2.05) is 21.1 Å². The Hall–Kier alpha value is -3.59. The van der Waals surface area contributed by atoms with Gasteiger partial charge in [0.1, 0.15) is 19.8 Å². The highest BCUT2D eigenvalue weighted by atomic mass is 31.2. The van der Waals surface area contributed by atoms with Crippen LogP contribution in [0.3, 0.4) is 0 Å². The van der Waals surface area contributed by atoms with Crippen molar-refractivity contribution in [3.63, 3.8) is 0 Å². The minimum Gasteiger partial charge on any atom is -0.462 e. The monoisotopic (exact) mass is 1250 g/mol. The van der Waals surface area contributed by atoms with E-state index in [2.05, 4.69) is 135 Å². The summed E-state index contributed by atoms with van der Waals surface area (Å²) in [5.41, 5.74) is 0. The highest BCUT2D eigenvalue weighted by Crippen LogP contribution is 2.43. The van der Waals surface area contributed by atoms with Gasteiger partial charge in [-0.3, -0.25) is 18.6 Å². The van der Waals surface area contributed by atoms with Gasteiger partial charge in [0.25, 0.3) is 0 Å². The molecular weight excluding hydrogens is 1110 g/mol. The molecule has 0 bridgehead atoms. The summed E-state index contributed by atoms with van der Waals surface area (Å²) >= 11 is 0. The number of likely N-dealkylation sites (N-methyl/N-ethyl adjacent to an activating group) is 1. The third-order valence-corrected chi connectivity index (χ3v) is 16.5. The van der Waals surface area contributed by atoms with Crippen LogP contribution in [0.2, 0.25) is 0 Å². The molecule has 2 atom stereocenters. The summed E-state index contributed by atoms with van der Waals surface area (Å²) in [5.74, 6) is -0.794. The van der Waals surface area contributed by atoms with Gasteiger partial charge in [0.05, 0.1) is 27.7 Å². The van der Waals surface area contributed by atoms with E-state index >= 15 is 0 Å². The summed E-state index contributed by atoms with van der Waals surface area (Å²) in [4.78, 5) is 35.9. The molecule has 0 aromatic heterocycles. The molecule has 0 aliphatic heterocycles.